The fourth-order valence-electron chi connectivity index (χ4n) is 2.54. The normalized spacial score (nSPS) is 11.2. The molecule has 2 rings (SSSR count). The molecule has 2 aromatic carbocycles. The van der Waals surface area contributed by atoms with Gasteiger partial charge in [0.05, 0.1) is 0 Å². The molecule has 0 radical (unpaired) electrons. The molecule has 0 spiro atoms. The summed E-state index contributed by atoms with van der Waals surface area (Å²) in [5.41, 5.74) is 8.35. The van der Waals surface area contributed by atoms with Crippen LogP contribution in [0.25, 0.3) is 0 Å². The van der Waals surface area contributed by atoms with Crippen molar-refractivity contribution >= 4 is 0 Å². The zero-order chi connectivity index (χ0) is 14.2. The summed E-state index contributed by atoms with van der Waals surface area (Å²) in [5.74, 6) is 0.417. The Morgan fingerprint density at radius 1 is 0.900 bits per heavy atom. The number of hydrogen-bond acceptors (Lipinski definition) is 2. The average Bonchev–Trinajstić information content (AvgIpc) is 2.52. The largest absolute Gasteiger partial charge is 0.330 e. The van der Waals surface area contributed by atoms with Crippen molar-refractivity contribution in [2.45, 2.75) is 12.3 Å². The maximum atomic E-state index is 5.60. The zero-order valence-electron chi connectivity index (χ0n) is 12.2. The molecule has 0 amide bonds. The molecule has 0 bridgehead atoms. The lowest BCUT2D eigenvalue weighted by Gasteiger charge is -2.25. The van der Waals surface area contributed by atoms with Crippen LogP contribution >= 0.6 is 0 Å². The van der Waals surface area contributed by atoms with Crippen molar-refractivity contribution in [3.8, 4) is 0 Å². The average molecular weight is 268 g/mol. The van der Waals surface area contributed by atoms with Gasteiger partial charge in [-0.2, -0.15) is 0 Å². The van der Waals surface area contributed by atoms with Crippen LogP contribution in [0.15, 0.2) is 60.7 Å². The lowest BCUT2D eigenvalue weighted by Crippen LogP contribution is -2.27. The standard InChI is InChI=1S/C18H24N2/c1-20(14-8-13-19)15-18(16-9-4-2-5-10-16)17-11-6-3-7-12-17/h2-7,9-12,18H,8,13-15,19H2,1H3. The first-order valence-corrected chi connectivity index (χ1v) is 7.29. The summed E-state index contributed by atoms with van der Waals surface area (Å²) in [6.45, 7) is 2.83. The summed E-state index contributed by atoms with van der Waals surface area (Å²) >= 11 is 0. The van der Waals surface area contributed by atoms with E-state index >= 15 is 0 Å². The molecule has 0 unspecified atom stereocenters. The van der Waals surface area contributed by atoms with Crippen LogP contribution in [0, 0.1) is 0 Å². The van der Waals surface area contributed by atoms with Gasteiger partial charge in [0.1, 0.15) is 0 Å². The number of rotatable bonds is 7. The summed E-state index contributed by atoms with van der Waals surface area (Å²) in [7, 11) is 2.18. The first-order chi connectivity index (χ1) is 9.81. The van der Waals surface area contributed by atoms with Crippen molar-refractivity contribution in [2.75, 3.05) is 26.7 Å². The van der Waals surface area contributed by atoms with Crippen LogP contribution < -0.4 is 5.73 Å². The van der Waals surface area contributed by atoms with E-state index in [0.717, 1.165) is 26.1 Å². The van der Waals surface area contributed by atoms with Gasteiger partial charge in [0.2, 0.25) is 0 Å². The molecule has 0 aliphatic heterocycles. The van der Waals surface area contributed by atoms with Crippen LogP contribution in [0.3, 0.4) is 0 Å². The predicted molar refractivity (Wildman–Crippen MR) is 85.9 cm³/mol. The van der Waals surface area contributed by atoms with E-state index in [1.165, 1.54) is 11.1 Å². The molecule has 0 aliphatic carbocycles. The molecule has 2 heteroatoms. The molecule has 0 fully saturated rings. The van der Waals surface area contributed by atoms with Crippen LogP contribution in [-0.2, 0) is 0 Å². The third-order valence-corrected chi connectivity index (χ3v) is 3.64. The Bertz CT molecular complexity index is 442. The Morgan fingerprint density at radius 3 is 1.85 bits per heavy atom. The fraction of sp³-hybridized carbons (Fsp3) is 0.333. The summed E-state index contributed by atoms with van der Waals surface area (Å²) < 4.78 is 0. The van der Waals surface area contributed by atoms with Crippen LogP contribution in [0.4, 0.5) is 0 Å². The lowest BCUT2D eigenvalue weighted by molar-refractivity contribution is 0.321. The molecule has 0 aromatic heterocycles. The van der Waals surface area contributed by atoms with Crippen molar-refractivity contribution < 1.29 is 0 Å². The van der Waals surface area contributed by atoms with Gasteiger partial charge in [-0.3, -0.25) is 0 Å². The van der Waals surface area contributed by atoms with Gasteiger partial charge in [0.25, 0.3) is 0 Å². The van der Waals surface area contributed by atoms with Gasteiger partial charge >= 0.3 is 0 Å². The van der Waals surface area contributed by atoms with Crippen LogP contribution in [-0.4, -0.2) is 31.6 Å². The van der Waals surface area contributed by atoms with E-state index < -0.39 is 0 Å². The minimum Gasteiger partial charge on any atom is -0.330 e. The van der Waals surface area contributed by atoms with Crippen LogP contribution in [0.1, 0.15) is 23.5 Å². The van der Waals surface area contributed by atoms with Gasteiger partial charge < -0.3 is 10.6 Å². The number of hydrogen-bond donors (Lipinski definition) is 1. The maximum Gasteiger partial charge on any atom is 0.0217 e. The molecule has 0 heterocycles. The lowest BCUT2D eigenvalue weighted by atomic mass is 9.91. The van der Waals surface area contributed by atoms with Gasteiger partial charge in [-0.1, -0.05) is 60.7 Å². The topological polar surface area (TPSA) is 29.3 Å². The molecule has 2 aromatic rings. The Morgan fingerprint density at radius 2 is 1.40 bits per heavy atom. The minimum atomic E-state index is 0.417. The Labute approximate surface area is 122 Å². The van der Waals surface area contributed by atoms with E-state index in [1.54, 1.807) is 0 Å². The molecule has 0 saturated heterocycles. The van der Waals surface area contributed by atoms with Crippen molar-refractivity contribution in [3.63, 3.8) is 0 Å². The summed E-state index contributed by atoms with van der Waals surface area (Å²) in [4.78, 5) is 2.37. The zero-order valence-corrected chi connectivity index (χ0v) is 12.2. The number of nitrogens with two attached hydrogens (primary N) is 1. The molecule has 20 heavy (non-hydrogen) atoms. The molecular formula is C18H24N2. The summed E-state index contributed by atoms with van der Waals surface area (Å²) in [6.07, 6.45) is 1.05. The van der Waals surface area contributed by atoms with Crippen molar-refractivity contribution in [2.24, 2.45) is 5.73 Å². The highest BCUT2D eigenvalue weighted by molar-refractivity contribution is 5.32. The molecule has 0 atom stereocenters. The third-order valence-electron chi connectivity index (χ3n) is 3.64. The van der Waals surface area contributed by atoms with Crippen LogP contribution in [0.5, 0.6) is 0 Å². The summed E-state index contributed by atoms with van der Waals surface area (Å²) in [6, 6.07) is 21.5. The Balaban J connectivity index is 2.17. The molecule has 0 aliphatic rings. The van der Waals surface area contributed by atoms with Gasteiger partial charge in [0, 0.05) is 12.5 Å². The first kappa shape index (κ1) is 14.8. The van der Waals surface area contributed by atoms with Crippen molar-refractivity contribution in [3.05, 3.63) is 71.8 Å². The smallest absolute Gasteiger partial charge is 0.0217 e. The monoisotopic (exact) mass is 268 g/mol. The first-order valence-electron chi connectivity index (χ1n) is 7.29. The van der Waals surface area contributed by atoms with E-state index in [4.69, 9.17) is 5.73 Å². The highest BCUT2D eigenvalue weighted by Crippen LogP contribution is 2.25. The van der Waals surface area contributed by atoms with Gasteiger partial charge in [0.15, 0.2) is 0 Å². The highest BCUT2D eigenvalue weighted by atomic mass is 15.1. The van der Waals surface area contributed by atoms with E-state index in [0.29, 0.717) is 5.92 Å². The highest BCUT2D eigenvalue weighted by Gasteiger charge is 2.15. The second-order valence-corrected chi connectivity index (χ2v) is 5.28. The molecule has 0 saturated carbocycles. The molecule has 106 valence electrons. The SMILES string of the molecule is CN(CCCN)CC(c1ccccc1)c1ccccc1. The number of nitrogens with zero attached hydrogens (tertiary/aromatic N) is 1. The number of benzene rings is 2. The molecule has 2 N–H and O–H groups in total. The van der Waals surface area contributed by atoms with E-state index in [1.807, 2.05) is 0 Å². The van der Waals surface area contributed by atoms with Gasteiger partial charge in [-0.05, 0) is 37.7 Å². The molecule has 2 nitrogen and oxygen atoms in total. The Hall–Kier alpha value is -1.64. The van der Waals surface area contributed by atoms with E-state index in [2.05, 4.69) is 72.6 Å². The maximum absolute atomic E-state index is 5.60. The minimum absolute atomic E-state index is 0.417. The van der Waals surface area contributed by atoms with E-state index in [9.17, 15) is 0 Å². The fourth-order valence-corrected chi connectivity index (χ4v) is 2.54. The summed E-state index contributed by atoms with van der Waals surface area (Å²) in [5, 5.41) is 0. The predicted octanol–water partition coefficient (Wildman–Crippen LogP) is 3.10. The van der Waals surface area contributed by atoms with Gasteiger partial charge in [-0.25, -0.2) is 0 Å². The second kappa shape index (κ2) is 7.83. The van der Waals surface area contributed by atoms with Gasteiger partial charge in [-0.15, -0.1) is 0 Å². The van der Waals surface area contributed by atoms with E-state index in [-0.39, 0.29) is 0 Å². The van der Waals surface area contributed by atoms with Crippen molar-refractivity contribution in [1.29, 1.82) is 0 Å². The third kappa shape index (κ3) is 4.19. The molecular weight excluding hydrogens is 244 g/mol. The van der Waals surface area contributed by atoms with Crippen molar-refractivity contribution in [1.82, 2.24) is 4.90 Å². The second-order valence-electron chi connectivity index (χ2n) is 5.28. The quantitative estimate of drug-likeness (QED) is 0.836. The number of likely N-dealkylation sites (N-methyl/N-ethyl adjacent to an activating group) is 1. The Kier molecular flexibility index (Phi) is 5.78. The van der Waals surface area contributed by atoms with Crippen LogP contribution in [0.2, 0.25) is 0 Å².